The highest BCUT2D eigenvalue weighted by Gasteiger charge is 2.39. The fourth-order valence-electron chi connectivity index (χ4n) is 4.35. The Hall–Kier alpha value is -1.26. The third-order valence-electron chi connectivity index (χ3n) is 5.62. The number of fused-ring (bicyclic) bond motifs is 2. The zero-order valence-corrected chi connectivity index (χ0v) is 16.1. The molecule has 2 bridgehead atoms. The third-order valence-corrected chi connectivity index (χ3v) is 5.62. The van der Waals surface area contributed by atoms with Gasteiger partial charge in [0.2, 0.25) is 0 Å². The highest BCUT2D eigenvalue weighted by atomic mass is 35.5. The summed E-state index contributed by atoms with van der Waals surface area (Å²) in [5.41, 5.74) is 7.42. The maximum atomic E-state index is 12.3. The highest BCUT2D eigenvalue weighted by molar-refractivity contribution is 5.85. The van der Waals surface area contributed by atoms with Crippen LogP contribution in [0, 0.1) is 11.8 Å². The Morgan fingerprint density at radius 1 is 1.20 bits per heavy atom. The monoisotopic (exact) mass is 366 g/mol. The van der Waals surface area contributed by atoms with Crippen LogP contribution in [0.5, 0.6) is 5.75 Å². The second kappa shape index (κ2) is 8.91. The molecule has 0 heterocycles. The first-order valence-corrected chi connectivity index (χ1v) is 9.30. The summed E-state index contributed by atoms with van der Waals surface area (Å²) in [6.45, 7) is 4.41. The van der Waals surface area contributed by atoms with Crippen LogP contribution >= 0.6 is 12.4 Å². The molecule has 3 N–H and O–H groups in total. The van der Waals surface area contributed by atoms with Gasteiger partial charge in [-0.05, 0) is 61.1 Å². The molecule has 5 heteroatoms. The second-order valence-corrected chi connectivity index (χ2v) is 7.79. The first kappa shape index (κ1) is 20.1. The van der Waals surface area contributed by atoms with Crippen molar-refractivity contribution in [3.63, 3.8) is 0 Å². The largest absolute Gasteiger partial charge is 0.484 e. The van der Waals surface area contributed by atoms with E-state index in [1.54, 1.807) is 0 Å². The molecular weight excluding hydrogens is 336 g/mol. The molecule has 4 nitrogen and oxygen atoms in total. The van der Waals surface area contributed by atoms with Crippen LogP contribution < -0.4 is 15.8 Å². The molecule has 2 atom stereocenters. The van der Waals surface area contributed by atoms with E-state index in [9.17, 15) is 4.79 Å². The summed E-state index contributed by atoms with van der Waals surface area (Å²) < 4.78 is 5.65. The van der Waals surface area contributed by atoms with Gasteiger partial charge >= 0.3 is 0 Å². The minimum absolute atomic E-state index is 0. The van der Waals surface area contributed by atoms with Crippen LogP contribution in [0.2, 0.25) is 0 Å². The lowest BCUT2D eigenvalue weighted by atomic mass is 9.67. The van der Waals surface area contributed by atoms with Crippen LogP contribution in [0.4, 0.5) is 0 Å². The number of halogens is 1. The predicted molar refractivity (Wildman–Crippen MR) is 103 cm³/mol. The minimum Gasteiger partial charge on any atom is -0.484 e. The number of rotatable bonds is 5. The Balaban J connectivity index is 0.00000225. The summed E-state index contributed by atoms with van der Waals surface area (Å²) in [5.74, 6) is 2.32. The maximum Gasteiger partial charge on any atom is 0.258 e. The van der Waals surface area contributed by atoms with E-state index in [0.717, 1.165) is 18.6 Å². The fourth-order valence-corrected chi connectivity index (χ4v) is 4.35. The van der Waals surface area contributed by atoms with Gasteiger partial charge in [0.15, 0.2) is 6.61 Å². The van der Waals surface area contributed by atoms with Crippen LogP contribution in [0.25, 0.3) is 0 Å². The van der Waals surface area contributed by atoms with Crippen molar-refractivity contribution in [2.75, 3.05) is 6.61 Å². The Morgan fingerprint density at radius 3 is 2.36 bits per heavy atom. The lowest BCUT2D eigenvalue weighted by molar-refractivity contribution is -0.125. The van der Waals surface area contributed by atoms with E-state index in [1.165, 1.54) is 24.8 Å². The van der Waals surface area contributed by atoms with Crippen molar-refractivity contribution in [2.45, 2.75) is 64.0 Å². The molecule has 0 aromatic heterocycles. The molecule has 1 aromatic carbocycles. The average molecular weight is 367 g/mol. The number of carbonyl (C=O) groups excluding carboxylic acids is 1. The van der Waals surface area contributed by atoms with Crippen LogP contribution in [0.3, 0.4) is 0 Å². The van der Waals surface area contributed by atoms with E-state index < -0.39 is 0 Å². The van der Waals surface area contributed by atoms with E-state index in [4.69, 9.17) is 10.5 Å². The molecule has 2 unspecified atom stereocenters. The molecule has 2 aliphatic rings. The lowest BCUT2D eigenvalue weighted by Crippen LogP contribution is -2.54. The predicted octanol–water partition coefficient (Wildman–Crippen LogP) is 3.63. The van der Waals surface area contributed by atoms with Crippen molar-refractivity contribution < 1.29 is 9.53 Å². The fraction of sp³-hybridized carbons (Fsp3) is 0.650. The summed E-state index contributed by atoms with van der Waals surface area (Å²) >= 11 is 0. The molecular formula is C20H31ClN2O2. The van der Waals surface area contributed by atoms with Gasteiger partial charge in [0.1, 0.15) is 5.75 Å². The van der Waals surface area contributed by atoms with Crippen molar-refractivity contribution in [1.82, 2.24) is 5.32 Å². The van der Waals surface area contributed by atoms with E-state index in [1.807, 2.05) is 12.1 Å². The molecule has 3 rings (SSSR count). The van der Waals surface area contributed by atoms with Gasteiger partial charge in [-0.3, -0.25) is 4.79 Å². The van der Waals surface area contributed by atoms with Gasteiger partial charge in [-0.2, -0.15) is 0 Å². The second-order valence-electron chi connectivity index (χ2n) is 7.79. The molecule has 2 fully saturated rings. The molecule has 2 aliphatic carbocycles. The molecule has 0 radical (unpaired) electrons. The maximum absolute atomic E-state index is 12.3. The van der Waals surface area contributed by atoms with Crippen molar-refractivity contribution in [3.05, 3.63) is 29.8 Å². The topological polar surface area (TPSA) is 64.3 Å². The molecule has 0 spiro atoms. The molecule has 2 saturated carbocycles. The van der Waals surface area contributed by atoms with Gasteiger partial charge in [-0.25, -0.2) is 0 Å². The Kier molecular flexibility index (Phi) is 7.14. The number of nitrogens with two attached hydrogens (primary N) is 1. The smallest absolute Gasteiger partial charge is 0.258 e. The average Bonchev–Trinajstić information content (AvgIpc) is 2.54. The summed E-state index contributed by atoms with van der Waals surface area (Å²) in [6, 6.07) is 8.60. The van der Waals surface area contributed by atoms with Crippen molar-refractivity contribution in [2.24, 2.45) is 17.6 Å². The van der Waals surface area contributed by atoms with Gasteiger partial charge in [0.05, 0.1) is 0 Å². The number of amides is 1. The van der Waals surface area contributed by atoms with Gasteiger partial charge in [-0.1, -0.05) is 32.4 Å². The van der Waals surface area contributed by atoms with Gasteiger partial charge in [0, 0.05) is 12.1 Å². The molecule has 0 aliphatic heterocycles. The van der Waals surface area contributed by atoms with Crippen molar-refractivity contribution in [1.29, 1.82) is 0 Å². The van der Waals surface area contributed by atoms with Crippen LogP contribution in [0.15, 0.2) is 24.3 Å². The third kappa shape index (κ3) is 5.11. The molecule has 1 amide bonds. The van der Waals surface area contributed by atoms with E-state index in [0.29, 0.717) is 23.8 Å². The molecule has 1 aromatic rings. The quantitative estimate of drug-likeness (QED) is 0.836. The van der Waals surface area contributed by atoms with E-state index in [-0.39, 0.29) is 31.0 Å². The van der Waals surface area contributed by atoms with Crippen molar-refractivity contribution in [3.8, 4) is 5.75 Å². The number of carbonyl (C=O) groups is 1. The van der Waals surface area contributed by atoms with E-state index >= 15 is 0 Å². The van der Waals surface area contributed by atoms with Gasteiger partial charge in [-0.15, -0.1) is 12.4 Å². The summed E-state index contributed by atoms with van der Waals surface area (Å²) in [4.78, 5) is 12.3. The summed E-state index contributed by atoms with van der Waals surface area (Å²) in [6.07, 6.45) is 5.73. The van der Waals surface area contributed by atoms with Crippen LogP contribution in [-0.2, 0) is 4.79 Å². The number of hydrogen-bond acceptors (Lipinski definition) is 3. The Labute approximate surface area is 157 Å². The van der Waals surface area contributed by atoms with Gasteiger partial charge < -0.3 is 15.8 Å². The lowest BCUT2D eigenvalue weighted by Gasteiger charge is -2.45. The standard InChI is InChI=1S/C20H30N2O2.ClH/c1-13(2)14-6-8-18(9-7-14)24-12-19(23)22-20-15-4-3-5-16(20)11-17(21)10-15;/h6-9,13,15-17,20H,3-5,10-12,21H2,1-2H3,(H,22,23);1H. The van der Waals surface area contributed by atoms with Crippen LogP contribution in [-0.4, -0.2) is 24.6 Å². The summed E-state index contributed by atoms with van der Waals surface area (Å²) in [7, 11) is 0. The van der Waals surface area contributed by atoms with Crippen LogP contribution in [0.1, 0.15) is 57.4 Å². The zero-order valence-electron chi connectivity index (χ0n) is 15.2. The molecule has 25 heavy (non-hydrogen) atoms. The number of nitrogens with one attached hydrogen (secondary N) is 1. The normalized spacial score (nSPS) is 28.2. The summed E-state index contributed by atoms with van der Waals surface area (Å²) in [5, 5.41) is 3.22. The molecule has 140 valence electrons. The van der Waals surface area contributed by atoms with Crippen molar-refractivity contribution >= 4 is 18.3 Å². The highest BCUT2D eigenvalue weighted by Crippen LogP contribution is 2.39. The Bertz CT molecular complexity index is 547. The first-order chi connectivity index (χ1) is 11.5. The first-order valence-electron chi connectivity index (χ1n) is 9.30. The SMILES string of the molecule is CC(C)c1ccc(OCC(=O)NC2C3CCCC2CC(N)C3)cc1.Cl. The molecule has 0 saturated heterocycles. The van der Waals surface area contributed by atoms with E-state index in [2.05, 4.69) is 31.3 Å². The minimum atomic E-state index is -0.0136. The Morgan fingerprint density at radius 2 is 1.80 bits per heavy atom. The number of hydrogen-bond donors (Lipinski definition) is 2. The zero-order chi connectivity index (χ0) is 17.1. The number of ether oxygens (including phenoxy) is 1. The number of benzene rings is 1. The van der Waals surface area contributed by atoms with Gasteiger partial charge in [0.25, 0.3) is 5.91 Å².